The fraction of sp³-hybridized carbons (Fsp3) is 0.636. The fourth-order valence-corrected chi connectivity index (χ4v) is 3.21. The molecule has 1 aromatic rings. The predicted octanol–water partition coefficient (Wildman–Crippen LogP) is 0.0571. The van der Waals surface area contributed by atoms with E-state index >= 15 is 0 Å². The number of nitrogens with one attached hydrogen (secondary N) is 1. The molecule has 7 heteroatoms. The monoisotopic (exact) mass is 270 g/mol. The van der Waals surface area contributed by atoms with Crippen molar-refractivity contribution in [2.24, 2.45) is 0 Å². The van der Waals surface area contributed by atoms with E-state index in [1.165, 1.54) is 0 Å². The lowest BCUT2D eigenvalue weighted by atomic mass is 10.4. The van der Waals surface area contributed by atoms with E-state index in [0.29, 0.717) is 19.6 Å². The minimum absolute atomic E-state index is 0.234. The van der Waals surface area contributed by atoms with Crippen molar-refractivity contribution in [3.8, 4) is 0 Å². The Morgan fingerprint density at radius 1 is 1.33 bits per heavy atom. The van der Waals surface area contributed by atoms with Crippen molar-refractivity contribution >= 4 is 15.7 Å². The zero-order chi connectivity index (χ0) is 13.2. The number of hydrogen-bond donors (Lipinski definition) is 1. The van der Waals surface area contributed by atoms with Crippen molar-refractivity contribution in [2.45, 2.75) is 13.5 Å². The summed E-state index contributed by atoms with van der Waals surface area (Å²) in [4.78, 5) is 10.8. The van der Waals surface area contributed by atoms with Gasteiger partial charge in [-0.05, 0) is 6.92 Å². The highest BCUT2D eigenvalue weighted by atomic mass is 32.2. The largest absolute Gasteiger partial charge is 0.373 e. The van der Waals surface area contributed by atoms with E-state index in [4.69, 9.17) is 0 Å². The van der Waals surface area contributed by atoms with Crippen molar-refractivity contribution in [3.05, 3.63) is 17.6 Å². The van der Waals surface area contributed by atoms with Crippen LogP contribution < -0.4 is 5.32 Å². The van der Waals surface area contributed by atoms with Crippen LogP contribution in [0.25, 0.3) is 0 Å². The lowest BCUT2D eigenvalue weighted by Gasteiger charge is -2.25. The van der Waals surface area contributed by atoms with Gasteiger partial charge in [0.05, 0.1) is 18.1 Å². The van der Waals surface area contributed by atoms with E-state index in [9.17, 15) is 8.42 Å². The Morgan fingerprint density at radius 2 is 2.00 bits per heavy atom. The zero-order valence-corrected chi connectivity index (χ0v) is 11.5. The van der Waals surface area contributed by atoms with Gasteiger partial charge in [0.25, 0.3) is 0 Å². The summed E-state index contributed by atoms with van der Waals surface area (Å²) >= 11 is 0. The van der Waals surface area contributed by atoms with Crippen LogP contribution in [0.4, 0.5) is 5.82 Å². The molecule has 100 valence electrons. The van der Waals surface area contributed by atoms with Gasteiger partial charge in [-0.25, -0.2) is 18.4 Å². The highest BCUT2D eigenvalue weighted by Gasteiger charge is 2.22. The van der Waals surface area contributed by atoms with Gasteiger partial charge in [0.1, 0.15) is 11.6 Å². The van der Waals surface area contributed by atoms with Crippen molar-refractivity contribution in [2.75, 3.05) is 37.0 Å². The number of sulfone groups is 1. The SMILES string of the molecule is CNc1cc(C)nc(CN2CCS(=O)(=O)CC2)n1. The first-order valence-corrected chi connectivity index (χ1v) is 7.76. The van der Waals surface area contributed by atoms with Gasteiger partial charge in [-0.15, -0.1) is 0 Å². The maximum Gasteiger partial charge on any atom is 0.152 e. The maximum atomic E-state index is 11.3. The Bertz CT molecular complexity index is 516. The minimum atomic E-state index is -2.82. The fourth-order valence-electron chi connectivity index (χ4n) is 1.94. The standard InChI is InChI=1S/C11H18N4O2S/c1-9-7-10(12-2)14-11(13-9)8-15-3-5-18(16,17)6-4-15/h7H,3-6,8H2,1-2H3,(H,12,13,14). The molecule has 0 atom stereocenters. The molecule has 6 nitrogen and oxygen atoms in total. The van der Waals surface area contributed by atoms with Gasteiger partial charge < -0.3 is 5.32 Å². The van der Waals surface area contributed by atoms with Crippen molar-refractivity contribution in [1.29, 1.82) is 0 Å². The first kappa shape index (κ1) is 13.2. The maximum absolute atomic E-state index is 11.3. The van der Waals surface area contributed by atoms with Crippen LogP contribution in [0.1, 0.15) is 11.5 Å². The lowest BCUT2D eigenvalue weighted by Crippen LogP contribution is -2.40. The smallest absolute Gasteiger partial charge is 0.152 e. The number of nitrogens with zero attached hydrogens (tertiary/aromatic N) is 3. The molecule has 0 radical (unpaired) electrons. The predicted molar refractivity (Wildman–Crippen MR) is 70.2 cm³/mol. The van der Waals surface area contributed by atoms with Gasteiger partial charge >= 0.3 is 0 Å². The summed E-state index contributed by atoms with van der Waals surface area (Å²) in [6.45, 7) is 3.65. The van der Waals surface area contributed by atoms with Crippen LogP contribution in [0.5, 0.6) is 0 Å². The molecule has 0 amide bonds. The number of hydrogen-bond acceptors (Lipinski definition) is 6. The Hall–Kier alpha value is -1.21. The number of aryl methyl sites for hydroxylation is 1. The van der Waals surface area contributed by atoms with Crippen LogP contribution in [0.2, 0.25) is 0 Å². The third kappa shape index (κ3) is 3.39. The molecule has 0 spiro atoms. The van der Waals surface area contributed by atoms with Gasteiger partial charge in [0.2, 0.25) is 0 Å². The van der Waals surface area contributed by atoms with Crippen molar-refractivity contribution < 1.29 is 8.42 Å². The average Bonchev–Trinajstić information content (AvgIpc) is 2.31. The molecule has 0 aromatic carbocycles. The lowest BCUT2D eigenvalue weighted by molar-refractivity contribution is 0.280. The zero-order valence-electron chi connectivity index (χ0n) is 10.7. The number of anilines is 1. The molecule has 1 fully saturated rings. The average molecular weight is 270 g/mol. The molecular weight excluding hydrogens is 252 g/mol. The van der Waals surface area contributed by atoms with Crippen LogP contribution in [0, 0.1) is 6.92 Å². The molecule has 1 aromatic heterocycles. The van der Waals surface area contributed by atoms with E-state index < -0.39 is 9.84 Å². The molecule has 0 saturated carbocycles. The second-order valence-corrected chi connectivity index (χ2v) is 6.79. The summed E-state index contributed by atoms with van der Waals surface area (Å²) in [5, 5.41) is 2.99. The Kier molecular flexibility index (Phi) is 3.82. The summed E-state index contributed by atoms with van der Waals surface area (Å²) in [6.07, 6.45) is 0. The van der Waals surface area contributed by atoms with Gasteiger partial charge in [-0.2, -0.15) is 0 Å². The van der Waals surface area contributed by atoms with Crippen LogP contribution >= 0.6 is 0 Å². The molecule has 1 saturated heterocycles. The van der Waals surface area contributed by atoms with Crippen LogP contribution in [0.3, 0.4) is 0 Å². The molecule has 2 rings (SSSR count). The van der Waals surface area contributed by atoms with Crippen molar-refractivity contribution in [3.63, 3.8) is 0 Å². The Labute approximate surface area is 107 Å². The quantitative estimate of drug-likeness (QED) is 0.837. The number of aromatic nitrogens is 2. The molecule has 2 heterocycles. The summed E-state index contributed by atoms with van der Waals surface area (Å²) < 4.78 is 22.7. The summed E-state index contributed by atoms with van der Waals surface area (Å²) in [7, 11) is -1.01. The van der Waals surface area contributed by atoms with E-state index in [-0.39, 0.29) is 11.5 Å². The van der Waals surface area contributed by atoms with Crippen LogP contribution in [-0.4, -0.2) is 54.9 Å². The minimum Gasteiger partial charge on any atom is -0.373 e. The Morgan fingerprint density at radius 3 is 2.61 bits per heavy atom. The van der Waals surface area contributed by atoms with Gasteiger partial charge in [-0.3, -0.25) is 4.90 Å². The second-order valence-electron chi connectivity index (χ2n) is 4.49. The molecule has 1 N–H and O–H groups in total. The van der Waals surface area contributed by atoms with Crippen LogP contribution in [-0.2, 0) is 16.4 Å². The molecular formula is C11H18N4O2S. The third-order valence-corrected chi connectivity index (χ3v) is 4.57. The van der Waals surface area contributed by atoms with Gasteiger partial charge in [-0.1, -0.05) is 0 Å². The van der Waals surface area contributed by atoms with Gasteiger partial charge in [0, 0.05) is 31.9 Å². The van der Waals surface area contributed by atoms with E-state index in [2.05, 4.69) is 20.2 Å². The molecule has 0 unspecified atom stereocenters. The van der Waals surface area contributed by atoms with Crippen molar-refractivity contribution in [1.82, 2.24) is 14.9 Å². The van der Waals surface area contributed by atoms with E-state index in [0.717, 1.165) is 17.3 Å². The first-order valence-electron chi connectivity index (χ1n) is 5.93. The van der Waals surface area contributed by atoms with Gasteiger partial charge in [0.15, 0.2) is 9.84 Å². The third-order valence-electron chi connectivity index (χ3n) is 2.96. The second kappa shape index (κ2) is 5.19. The molecule has 1 aliphatic rings. The van der Waals surface area contributed by atoms with E-state index in [1.54, 1.807) is 0 Å². The summed E-state index contributed by atoms with van der Waals surface area (Å²) in [6, 6.07) is 1.88. The summed E-state index contributed by atoms with van der Waals surface area (Å²) in [5.74, 6) is 2.00. The molecule has 0 aliphatic carbocycles. The Balaban J connectivity index is 2.04. The topological polar surface area (TPSA) is 75.2 Å². The molecule has 18 heavy (non-hydrogen) atoms. The molecule has 1 aliphatic heterocycles. The molecule has 0 bridgehead atoms. The highest BCUT2D eigenvalue weighted by molar-refractivity contribution is 7.91. The normalized spacial score (nSPS) is 19.7. The highest BCUT2D eigenvalue weighted by Crippen LogP contribution is 2.10. The van der Waals surface area contributed by atoms with Crippen LogP contribution in [0.15, 0.2) is 6.07 Å². The first-order chi connectivity index (χ1) is 8.48. The number of rotatable bonds is 3. The van der Waals surface area contributed by atoms with E-state index in [1.807, 2.05) is 20.0 Å². The summed E-state index contributed by atoms with van der Waals surface area (Å²) in [5.41, 5.74) is 0.911.